The number of carbonyl (C=O) groups is 1. The highest BCUT2D eigenvalue weighted by atomic mass is 19.1. The average Bonchev–Trinajstić information content (AvgIpc) is 2.65. The minimum Gasteiger partial charge on any atom is -0.494 e. The van der Waals surface area contributed by atoms with Crippen molar-refractivity contribution in [3.05, 3.63) is 60.2 Å². The maximum atomic E-state index is 13.9. The predicted octanol–water partition coefficient (Wildman–Crippen LogP) is 3.23. The molecule has 2 aromatic carbocycles. The van der Waals surface area contributed by atoms with Crippen molar-refractivity contribution in [3.8, 4) is 5.75 Å². The maximum absolute atomic E-state index is 13.9. The number of carboxylic acids is 1. The number of fused-ring (bicyclic) bond motifs is 1. The van der Waals surface area contributed by atoms with Crippen LogP contribution in [0.1, 0.15) is 12.5 Å². The Balaban J connectivity index is 1.97. The molecule has 134 valence electrons. The van der Waals surface area contributed by atoms with E-state index in [9.17, 15) is 14.3 Å². The van der Waals surface area contributed by atoms with Gasteiger partial charge in [0.15, 0.2) is 11.6 Å². The molecule has 0 saturated carbocycles. The first-order chi connectivity index (χ1) is 12.5. The number of methoxy groups -OCH3 is 1. The molecule has 0 aliphatic heterocycles. The van der Waals surface area contributed by atoms with Crippen molar-refractivity contribution < 1.29 is 19.0 Å². The normalized spacial score (nSPS) is 13.2. The molecular weight excluding hydrogens is 337 g/mol. The number of hydrogen-bond acceptors (Lipinski definition) is 5. The van der Waals surface area contributed by atoms with Crippen LogP contribution in [0, 0.1) is 5.82 Å². The molecule has 0 amide bonds. The van der Waals surface area contributed by atoms with Crippen molar-refractivity contribution in [3.63, 3.8) is 0 Å². The molecule has 1 aromatic heterocycles. The monoisotopic (exact) mass is 355 g/mol. The number of nitrogens with one attached hydrogen (secondary N) is 1. The largest absolute Gasteiger partial charge is 0.494 e. The van der Waals surface area contributed by atoms with Gasteiger partial charge in [-0.3, -0.25) is 4.79 Å². The molecule has 0 fully saturated rings. The van der Waals surface area contributed by atoms with Crippen LogP contribution in [-0.4, -0.2) is 34.7 Å². The third kappa shape index (κ3) is 3.15. The lowest BCUT2D eigenvalue weighted by atomic mass is 9.82. The van der Waals surface area contributed by atoms with E-state index in [1.54, 1.807) is 31.2 Å². The van der Waals surface area contributed by atoms with Crippen molar-refractivity contribution in [2.45, 2.75) is 12.3 Å². The molecule has 0 aliphatic carbocycles. The summed E-state index contributed by atoms with van der Waals surface area (Å²) < 4.78 is 18.9. The fourth-order valence-electron chi connectivity index (χ4n) is 2.72. The van der Waals surface area contributed by atoms with Gasteiger partial charge in [0.1, 0.15) is 17.6 Å². The Morgan fingerprint density at radius 3 is 2.65 bits per heavy atom. The number of carboxylic acid groups (broad SMARTS) is 1. The smallest absolute Gasteiger partial charge is 0.315 e. The SMILES string of the molecule is COc1cc2c(NCC(C)(C(=O)O)c3ccccc3)ncnc2cc1F. The van der Waals surface area contributed by atoms with Gasteiger partial charge in [0, 0.05) is 18.0 Å². The zero-order valence-corrected chi connectivity index (χ0v) is 14.4. The molecule has 0 spiro atoms. The van der Waals surface area contributed by atoms with Gasteiger partial charge in [-0.1, -0.05) is 30.3 Å². The van der Waals surface area contributed by atoms with Crippen molar-refractivity contribution >= 4 is 22.7 Å². The third-order valence-corrected chi connectivity index (χ3v) is 4.40. The van der Waals surface area contributed by atoms with Crippen LogP contribution < -0.4 is 10.1 Å². The van der Waals surface area contributed by atoms with Crippen molar-refractivity contribution in [2.24, 2.45) is 0 Å². The van der Waals surface area contributed by atoms with E-state index in [2.05, 4.69) is 15.3 Å². The van der Waals surface area contributed by atoms with Gasteiger partial charge in [0.2, 0.25) is 0 Å². The quantitative estimate of drug-likeness (QED) is 0.706. The van der Waals surface area contributed by atoms with E-state index in [1.165, 1.54) is 25.6 Å². The Labute approximate surface area is 149 Å². The highest BCUT2D eigenvalue weighted by Crippen LogP contribution is 2.29. The summed E-state index contributed by atoms with van der Waals surface area (Å²) in [5.74, 6) is -1.00. The minimum absolute atomic E-state index is 0.0689. The second-order valence-electron chi connectivity index (χ2n) is 6.08. The molecule has 2 N–H and O–H groups in total. The van der Waals surface area contributed by atoms with Crippen LogP contribution in [-0.2, 0) is 10.2 Å². The van der Waals surface area contributed by atoms with Crippen molar-refractivity contribution in [1.82, 2.24) is 9.97 Å². The van der Waals surface area contributed by atoms with Crippen LogP contribution in [0.5, 0.6) is 5.75 Å². The van der Waals surface area contributed by atoms with E-state index < -0.39 is 17.2 Å². The van der Waals surface area contributed by atoms with Gasteiger partial charge in [-0.25, -0.2) is 14.4 Å². The number of ether oxygens (including phenoxy) is 1. The zero-order valence-electron chi connectivity index (χ0n) is 14.4. The number of hydrogen-bond donors (Lipinski definition) is 2. The van der Waals surface area contributed by atoms with E-state index in [0.717, 1.165) is 0 Å². The van der Waals surface area contributed by atoms with Gasteiger partial charge in [-0.15, -0.1) is 0 Å². The number of nitrogens with zero attached hydrogens (tertiary/aromatic N) is 2. The first-order valence-corrected chi connectivity index (χ1v) is 7.97. The van der Waals surface area contributed by atoms with Crippen LogP contribution in [0.3, 0.4) is 0 Å². The zero-order chi connectivity index (χ0) is 18.7. The Hall–Kier alpha value is -3.22. The summed E-state index contributed by atoms with van der Waals surface area (Å²) in [5, 5.41) is 13.4. The van der Waals surface area contributed by atoms with Gasteiger partial charge in [0.25, 0.3) is 0 Å². The number of aromatic nitrogens is 2. The van der Waals surface area contributed by atoms with Crippen molar-refractivity contribution in [1.29, 1.82) is 0 Å². The summed E-state index contributed by atoms with van der Waals surface area (Å²) in [6.07, 6.45) is 1.30. The Bertz CT molecular complexity index is 949. The summed E-state index contributed by atoms with van der Waals surface area (Å²) in [7, 11) is 1.37. The summed E-state index contributed by atoms with van der Waals surface area (Å²) >= 11 is 0. The number of halogens is 1. The summed E-state index contributed by atoms with van der Waals surface area (Å²) in [6, 6.07) is 11.7. The lowest BCUT2D eigenvalue weighted by Crippen LogP contribution is -2.39. The number of benzene rings is 2. The predicted molar refractivity (Wildman–Crippen MR) is 96.0 cm³/mol. The molecule has 7 heteroatoms. The fourth-order valence-corrected chi connectivity index (χ4v) is 2.72. The van der Waals surface area contributed by atoms with Crippen LogP contribution in [0.4, 0.5) is 10.2 Å². The standard InChI is InChI=1S/C19H18FN3O3/c1-19(18(24)25,12-6-4-3-5-7-12)10-21-17-13-8-16(26-2)14(20)9-15(13)22-11-23-17/h3-9,11H,10H2,1-2H3,(H,24,25)(H,21,22,23). The molecule has 0 aliphatic rings. The van der Waals surface area contributed by atoms with Gasteiger partial charge in [-0.2, -0.15) is 0 Å². The van der Waals surface area contributed by atoms with Crippen LogP contribution in [0.25, 0.3) is 10.9 Å². The molecule has 0 saturated heterocycles. The number of anilines is 1. The first-order valence-electron chi connectivity index (χ1n) is 7.97. The molecule has 0 radical (unpaired) electrons. The first kappa shape index (κ1) is 17.6. The van der Waals surface area contributed by atoms with E-state index in [0.29, 0.717) is 22.3 Å². The lowest BCUT2D eigenvalue weighted by molar-refractivity contribution is -0.142. The molecule has 26 heavy (non-hydrogen) atoms. The highest BCUT2D eigenvalue weighted by molar-refractivity contribution is 5.90. The van der Waals surface area contributed by atoms with E-state index in [-0.39, 0.29) is 12.3 Å². The summed E-state index contributed by atoms with van der Waals surface area (Å²) in [4.78, 5) is 20.1. The van der Waals surface area contributed by atoms with E-state index >= 15 is 0 Å². The van der Waals surface area contributed by atoms with Crippen LogP contribution in [0.2, 0.25) is 0 Å². The fraction of sp³-hybridized carbons (Fsp3) is 0.211. The van der Waals surface area contributed by atoms with Gasteiger partial charge >= 0.3 is 5.97 Å². The van der Waals surface area contributed by atoms with Gasteiger partial charge < -0.3 is 15.2 Å². The topological polar surface area (TPSA) is 84.3 Å². The van der Waals surface area contributed by atoms with Gasteiger partial charge in [-0.05, 0) is 18.6 Å². The Kier molecular flexibility index (Phi) is 4.71. The third-order valence-electron chi connectivity index (χ3n) is 4.40. The Morgan fingerprint density at radius 1 is 1.27 bits per heavy atom. The molecule has 3 rings (SSSR count). The molecule has 1 unspecified atom stereocenters. The molecule has 1 heterocycles. The summed E-state index contributed by atoms with van der Waals surface area (Å²) in [5.41, 5.74) is -0.0950. The summed E-state index contributed by atoms with van der Waals surface area (Å²) in [6.45, 7) is 1.74. The molecule has 6 nitrogen and oxygen atoms in total. The second kappa shape index (κ2) is 6.95. The van der Waals surface area contributed by atoms with Crippen molar-refractivity contribution in [2.75, 3.05) is 19.0 Å². The van der Waals surface area contributed by atoms with E-state index in [4.69, 9.17) is 4.74 Å². The lowest BCUT2D eigenvalue weighted by Gasteiger charge is -2.26. The second-order valence-corrected chi connectivity index (χ2v) is 6.08. The van der Waals surface area contributed by atoms with Gasteiger partial charge in [0.05, 0.1) is 12.6 Å². The molecule has 3 aromatic rings. The highest BCUT2D eigenvalue weighted by Gasteiger charge is 2.35. The van der Waals surface area contributed by atoms with Crippen LogP contribution >= 0.6 is 0 Å². The van der Waals surface area contributed by atoms with Crippen LogP contribution in [0.15, 0.2) is 48.8 Å². The number of rotatable bonds is 6. The number of aliphatic carboxylic acids is 1. The molecular formula is C19H18FN3O3. The average molecular weight is 355 g/mol. The Morgan fingerprint density at radius 2 is 2.00 bits per heavy atom. The molecule has 1 atom stereocenters. The minimum atomic E-state index is -1.16. The maximum Gasteiger partial charge on any atom is 0.315 e. The van der Waals surface area contributed by atoms with E-state index in [1.807, 2.05) is 6.07 Å². The molecule has 0 bridgehead atoms.